The first-order valence-electron chi connectivity index (χ1n) is 5.11. The normalized spacial score (nSPS) is 9.67. The Morgan fingerprint density at radius 3 is 2.72 bits per heavy atom. The molecule has 0 radical (unpaired) electrons. The second kappa shape index (κ2) is 6.38. The summed E-state index contributed by atoms with van der Waals surface area (Å²) in [7, 11) is 0. The minimum absolute atomic E-state index is 0.212. The van der Waals surface area contributed by atoms with Crippen molar-refractivity contribution < 1.29 is 14.3 Å². The van der Waals surface area contributed by atoms with Gasteiger partial charge in [-0.3, -0.25) is 4.79 Å². The zero-order valence-electron chi connectivity index (χ0n) is 9.87. The van der Waals surface area contributed by atoms with Crippen molar-refractivity contribution in [2.45, 2.75) is 13.8 Å². The van der Waals surface area contributed by atoms with Crippen LogP contribution >= 0.6 is 22.9 Å². The lowest BCUT2D eigenvalue weighted by Gasteiger charge is -1.98. The Kier molecular flexibility index (Phi) is 5.13. The Bertz CT molecular complexity index is 519. The Morgan fingerprint density at radius 2 is 2.22 bits per heavy atom. The van der Waals surface area contributed by atoms with Gasteiger partial charge in [0.2, 0.25) is 5.91 Å². The number of hydrogen-bond donors (Lipinski definition) is 1. The Hall–Kier alpha value is -1.58. The van der Waals surface area contributed by atoms with Crippen LogP contribution in [0, 0.1) is 18.3 Å². The van der Waals surface area contributed by atoms with Gasteiger partial charge in [-0.2, -0.15) is 5.26 Å². The summed E-state index contributed by atoms with van der Waals surface area (Å²) in [5, 5.41) is 11.8. The van der Waals surface area contributed by atoms with Crippen molar-refractivity contribution in [3.63, 3.8) is 0 Å². The van der Waals surface area contributed by atoms with Crippen LogP contribution in [-0.4, -0.2) is 24.4 Å². The molecular weight excluding hydrogens is 276 g/mol. The average molecular weight is 287 g/mol. The number of halogens is 1. The maximum absolute atomic E-state index is 11.6. The average Bonchev–Trinajstić information content (AvgIpc) is 2.65. The first-order chi connectivity index (χ1) is 8.54. The Morgan fingerprint density at radius 1 is 1.56 bits per heavy atom. The summed E-state index contributed by atoms with van der Waals surface area (Å²) in [5.74, 6) is -1.14. The fraction of sp³-hybridized carbons (Fsp3) is 0.364. The first-order valence-corrected chi connectivity index (χ1v) is 6.46. The zero-order chi connectivity index (χ0) is 13.7. The third-order valence-electron chi connectivity index (χ3n) is 2.09. The molecule has 96 valence electrons. The second-order valence-electron chi connectivity index (χ2n) is 3.27. The topological polar surface area (TPSA) is 79.2 Å². The smallest absolute Gasteiger partial charge is 0.348 e. The molecule has 1 heterocycles. The van der Waals surface area contributed by atoms with E-state index in [2.05, 4.69) is 5.32 Å². The van der Waals surface area contributed by atoms with Crippen LogP contribution in [0.2, 0.25) is 0 Å². The molecule has 0 spiro atoms. The molecule has 1 aromatic rings. The molecule has 0 unspecified atom stereocenters. The molecule has 0 aromatic carbocycles. The van der Waals surface area contributed by atoms with Gasteiger partial charge in [-0.25, -0.2) is 4.79 Å². The summed E-state index contributed by atoms with van der Waals surface area (Å²) in [6, 6.07) is 1.96. The van der Waals surface area contributed by atoms with Crippen molar-refractivity contribution in [2.24, 2.45) is 0 Å². The molecule has 1 amide bonds. The monoisotopic (exact) mass is 286 g/mol. The Labute approximate surface area is 113 Å². The SMILES string of the molecule is CCOC(=O)c1sc(NC(=O)CCl)c(C#N)c1C. The summed E-state index contributed by atoms with van der Waals surface area (Å²) in [5.41, 5.74) is 0.771. The van der Waals surface area contributed by atoms with Crippen LogP contribution in [0.3, 0.4) is 0 Å². The highest BCUT2D eigenvalue weighted by Gasteiger charge is 2.21. The molecule has 0 aliphatic carbocycles. The largest absolute Gasteiger partial charge is 0.462 e. The molecule has 0 aliphatic rings. The van der Waals surface area contributed by atoms with E-state index in [0.717, 1.165) is 11.3 Å². The lowest BCUT2D eigenvalue weighted by Crippen LogP contribution is -2.12. The quantitative estimate of drug-likeness (QED) is 0.680. The van der Waals surface area contributed by atoms with Crippen molar-refractivity contribution in [3.8, 4) is 6.07 Å². The second-order valence-corrected chi connectivity index (χ2v) is 4.56. The number of esters is 1. The summed E-state index contributed by atoms with van der Waals surface area (Å²) in [6.07, 6.45) is 0. The fourth-order valence-corrected chi connectivity index (χ4v) is 2.42. The lowest BCUT2D eigenvalue weighted by molar-refractivity contribution is -0.113. The van der Waals surface area contributed by atoms with Crippen LogP contribution in [0.25, 0.3) is 0 Å². The molecule has 1 rings (SSSR count). The third-order valence-corrected chi connectivity index (χ3v) is 3.52. The minimum Gasteiger partial charge on any atom is -0.462 e. The summed E-state index contributed by atoms with van der Waals surface area (Å²) >= 11 is 6.39. The zero-order valence-corrected chi connectivity index (χ0v) is 11.4. The molecular formula is C11H11ClN2O3S. The highest BCUT2D eigenvalue weighted by molar-refractivity contribution is 7.18. The number of amides is 1. The van der Waals surface area contributed by atoms with Gasteiger partial charge in [-0.05, 0) is 19.4 Å². The van der Waals surface area contributed by atoms with Crippen LogP contribution < -0.4 is 5.32 Å². The van der Waals surface area contributed by atoms with Crippen LogP contribution in [-0.2, 0) is 9.53 Å². The number of carbonyl (C=O) groups is 2. The van der Waals surface area contributed by atoms with E-state index >= 15 is 0 Å². The van der Waals surface area contributed by atoms with Gasteiger partial charge < -0.3 is 10.1 Å². The van der Waals surface area contributed by atoms with Gasteiger partial charge in [0.05, 0.1) is 12.2 Å². The van der Waals surface area contributed by atoms with E-state index < -0.39 is 11.9 Å². The predicted molar refractivity (Wildman–Crippen MR) is 69.1 cm³/mol. The number of hydrogen-bond acceptors (Lipinski definition) is 5. The van der Waals surface area contributed by atoms with Crippen LogP contribution in [0.4, 0.5) is 5.00 Å². The molecule has 0 fully saturated rings. The number of carbonyl (C=O) groups excluding carboxylic acids is 2. The van der Waals surface area contributed by atoms with Gasteiger partial charge in [0, 0.05) is 0 Å². The molecule has 0 saturated heterocycles. The summed E-state index contributed by atoms with van der Waals surface area (Å²) in [6.45, 7) is 3.58. The van der Waals surface area contributed by atoms with Crippen molar-refractivity contribution >= 4 is 39.8 Å². The van der Waals surface area contributed by atoms with Gasteiger partial charge in [-0.1, -0.05) is 0 Å². The number of nitrogens with one attached hydrogen (secondary N) is 1. The van der Waals surface area contributed by atoms with E-state index in [-0.39, 0.29) is 18.1 Å². The van der Waals surface area contributed by atoms with E-state index in [9.17, 15) is 9.59 Å². The number of thiophene rings is 1. The number of nitriles is 1. The van der Waals surface area contributed by atoms with Gasteiger partial charge in [0.1, 0.15) is 21.8 Å². The number of anilines is 1. The summed E-state index contributed by atoms with van der Waals surface area (Å²) in [4.78, 5) is 23.2. The predicted octanol–water partition coefficient (Wildman–Crippen LogP) is 2.28. The van der Waals surface area contributed by atoms with Gasteiger partial charge in [-0.15, -0.1) is 22.9 Å². The number of ether oxygens (including phenoxy) is 1. The lowest BCUT2D eigenvalue weighted by atomic mass is 10.2. The molecule has 5 nitrogen and oxygen atoms in total. The third kappa shape index (κ3) is 3.00. The highest BCUT2D eigenvalue weighted by atomic mass is 35.5. The molecule has 0 atom stereocenters. The Balaban J connectivity index is 3.14. The van der Waals surface area contributed by atoms with Crippen LogP contribution in [0.5, 0.6) is 0 Å². The minimum atomic E-state index is -0.497. The highest BCUT2D eigenvalue weighted by Crippen LogP contribution is 2.32. The molecule has 0 bridgehead atoms. The fourth-order valence-electron chi connectivity index (χ4n) is 1.29. The van der Waals surface area contributed by atoms with E-state index in [0.29, 0.717) is 15.4 Å². The van der Waals surface area contributed by atoms with Crippen molar-refractivity contribution in [3.05, 3.63) is 16.0 Å². The van der Waals surface area contributed by atoms with E-state index in [1.165, 1.54) is 0 Å². The van der Waals surface area contributed by atoms with Gasteiger partial charge in [0.25, 0.3) is 0 Å². The molecule has 18 heavy (non-hydrogen) atoms. The molecule has 0 aliphatic heterocycles. The molecule has 1 aromatic heterocycles. The number of nitrogens with zero attached hydrogens (tertiary/aromatic N) is 1. The molecule has 0 saturated carbocycles. The number of alkyl halides is 1. The molecule has 1 N–H and O–H groups in total. The maximum Gasteiger partial charge on any atom is 0.348 e. The van der Waals surface area contributed by atoms with Crippen molar-refractivity contribution in [2.75, 3.05) is 17.8 Å². The van der Waals surface area contributed by atoms with Crippen molar-refractivity contribution in [1.82, 2.24) is 0 Å². The van der Waals surface area contributed by atoms with E-state index in [1.807, 2.05) is 6.07 Å². The van der Waals surface area contributed by atoms with Gasteiger partial charge in [0.15, 0.2) is 0 Å². The van der Waals surface area contributed by atoms with E-state index in [4.69, 9.17) is 21.6 Å². The van der Waals surface area contributed by atoms with Crippen LogP contribution in [0.1, 0.15) is 27.7 Å². The van der Waals surface area contributed by atoms with Crippen LogP contribution in [0.15, 0.2) is 0 Å². The standard InChI is InChI=1S/C11H11ClN2O3S/c1-3-17-11(16)9-6(2)7(5-13)10(18-9)14-8(15)4-12/h3-4H2,1-2H3,(H,14,15). The summed E-state index contributed by atoms with van der Waals surface area (Å²) < 4.78 is 4.88. The maximum atomic E-state index is 11.6. The van der Waals surface area contributed by atoms with E-state index in [1.54, 1.807) is 13.8 Å². The van der Waals surface area contributed by atoms with Crippen molar-refractivity contribution in [1.29, 1.82) is 5.26 Å². The molecule has 7 heteroatoms. The van der Waals surface area contributed by atoms with Gasteiger partial charge >= 0.3 is 5.97 Å². The number of rotatable bonds is 4. The first kappa shape index (κ1) is 14.5.